The number of fused-ring (bicyclic) bond motifs is 1. The number of nitrogens with two attached hydrogens (primary N) is 1. The number of benzene rings is 1. The average Bonchev–Trinajstić information content (AvgIpc) is 3.37. The van der Waals surface area contributed by atoms with Gasteiger partial charge in [-0.05, 0) is 30.7 Å². The lowest BCUT2D eigenvalue weighted by Crippen LogP contribution is -2.44. The summed E-state index contributed by atoms with van der Waals surface area (Å²) in [5, 5.41) is 8.09. The molecule has 4 heterocycles. The lowest BCUT2D eigenvalue weighted by molar-refractivity contribution is 0.584. The smallest absolute Gasteiger partial charge is 0.188 e. The van der Waals surface area contributed by atoms with Crippen LogP contribution in [0.25, 0.3) is 22.4 Å². The highest BCUT2D eigenvalue weighted by Gasteiger charge is 2.14. The number of hydrogen-bond acceptors (Lipinski definition) is 10. The SMILES string of the molecule is Cc1nc(Nc2ncc(/C=C/c3ccc4nc(N)sc4c3)s2)cc(N2CCNCC2)n1. The largest absolute Gasteiger partial charge is 0.375 e. The molecule has 0 atom stereocenters. The molecule has 4 aromatic rings. The fourth-order valence-electron chi connectivity index (χ4n) is 3.44. The molecule has 3 aromatic heterocycles. The van der Waals surface area contributed by atoms with Gasteiger partial charge in [0.15, 0.2) is 10.3 Å². The summed E-state index contributed by atoms with van der Waals surface area (Å²) in [6.07, 6.45) is 5.99. The van der Waals surface area contributed by atoms with Crippen molar-refractivity contribution in [1.82, 2.24) is 25.3 Å². The number of aromatic nitrogens is 4. The first-order valence-electron chi connectivity index (χ1n) is 10.0. The van der Waals surface area contributed by atoms with E-state index in [2.05, 4.69) is 53.7 Å². The molecule has 0 bridgehead atoms. The van der Waals surface area contributed by atoms with Crippen LogP contribution in [0.15, 0.2) is 30.5 Å². The summed E-state index contributed by atoms with van der Waals surface area (Å²) >= 11 is 3.08. The van der Waals surface area contributed by atoms with Gasteiger partial charge in [-0.1, -0.05) is 34.8 Å². The molecular weight excluding hydrogens is 428 g/mol. The number of thiazole rings is 2. The molecule has 0 unspecified atom stereocenters. The van der Waals surface area contributed by atoms with Gasteiger partial charge in [-0.25, -0.2) is 19.9 Å². The molecule has 0 radical (unpaired) electrons. The van der Waals surface area contributed by atoms with Gasteiger partial charge in [-0.2, -0.15) is 0 Å². The Morgan fingerprint density at radius 1 is 1.10 bits per heavy atom. The highest BCUT2D eigenvalue weighted by Crippen LogP contribution is 2.27. The summed E-state index contributed by atoms with van der Waals surface area (Å²) in [6, 6.07) is 8.13. The molecule has 1 saturated heterocycles. The van der Waals surface area contributed by atoms with Crippen LogP contribution in [0.3, 0.4) is 0 Å². The predicted molar refractivity (Wildman–Crippen MR) is 130 cm³/mol. The van der Waals surface area contributed by atoms with E-state index in [0.29, 0.717) is 5.13 Å². The summed E-state index contributed by atoms with van der Waals surface area (Å²) in [7, 11) is 0. The zero-order chi connectivity index (χ0) is 21.2. The van der Waals surface area contributed by atoms with Gasteiger partial charge in [0, 0.05) is 43.3 Å². The van der Waals surface area contributed by atoms with E-state index in [4.69, 9.17) is 5.73 Å². The fraction of sp³-hybridized carbons (Fsp3) is 0.238. The standard InChI is InChI=1S/C21H22N8S2/c1-13-25-18(11-19(26-13)29-8-6-23-7-9-29)28-21-24-12-15(30-21)4-2-14-3-5-16-17(10-14)31-20(22)27-16/h2-5,10-12,23H,6-9H2,1H3,(H2,22,27)(H,24,25,26,28)/b4-2+. The number of aryl methyl sites for hydroxylation is 1. The quantitative estimate of drug-likeness (QED) is 0.422. The van der Waals surface area contributed by atoms with Crippen LogP contribution in [0.4, 0.5) is 21.9 Å². The summed E-state index contributed by atoms with van der Waals surface area (Å²) in [6.45, 7) is 5.75. The van der Waals surface area contributed by atoms with Crippen LogP contribution < -0.4 is 21.3 Å². The van der Waals surface area contributed by atoms with E-state index < -0.39 is 0 Å². The molecule has 1 fully saturated rings. The van der Waals surface area contributed by atoms with Crippen LogP contribution in [-0.2, 0) is 0 Å². The van der Waals surface area contributed by atoms with Crippen molar-refractivity contribution in [3.05, 3.63) is 46.7 Å². The minimum absolute atomic E-state index is 0.592. The monoisotopic (exact) mass is 450 g/mol. The highest BCUT2D eigenvalue weighted by molar-refractivity contribution is 7.22. The number of anilines is 4. The van der Waals surface area contributed by atoms with Crippen LogP contribution in [0.1, 0.15) is 16.3 Å². The van der Waals surface area contributed by atoms with Crippen molar-refractivity contribution in [3.63, 3.8) is 0 Å². The van der Waals surface area contributed by atoms with E-state index in [1.165, 1.54) is 11.3 Å². The van der Waals surface area contributed by atoms with Crippen molar-refractivity contribution in [1.29, 1.82) is 0 Å². The molecule has 4 N–H and O–H groups in total. The van der Waals surface area contributed by atoms with Gasteiger partial charge in [0.2, 0.25) is 0 Å². The van der Waals surface area contributed by atoms with Crippen molar-refractivity contribution in [3.8, 4) is 0 Å². The van der Waals surface area contributed by atoms with Gasteiger partial charge >= 0.3 is 0 Å². The van der Waals surface area contributed by atoms with E-state index in [1.807, 2.05) is 31.3 Å². The summed E-state index contributed by atoms with van der Waals surface area (Å²) in [5.41, 5.74) is 7.83. The van der Waals surface area contributed by atoms with Gasteiger partial charge in [-0.15, -0.1) is 0 Å². The Kier molecular flexibility index (Phi) is 5.49. The molecule has 158 valence electrons. The van der Waals surface area contributed by atoms with Crippen molar-refractivity contribution >= 4 is 66.9 Å². The second kappa shape index (κ2) is 8.58. The molecule has 8 nitrogen and oxygen atoms in total. The number of piperazine rings is 1. The normalized spacial score (nSPS) is 14.5. The third kappa shape index (κ3) is 4.66. The lowest BCUT2D eigenvalue weighted by Gasteiger charge is -2.28. The van der Waals surface area contributed by atoms with E-state index in [9.17, 15) is 0 Å². The molecule has 10 heteroatoms. The molecule has 0 aliphatic carbocycles. The Bertz CT molecular complexity index is 1240. The summed E-state index contributed by atoms with van der Waals surface area (Å²) < 4.78 is 1.09. The molecule has 1 aliphatic heterocycles. The Morgan fingerprint density at radius 3 is 2.84 bits per heavy atom. The Balaban J connectivity index is 1.30. The molecule has 1 aromatic carbocycles. The molecule has 0 amide bonds. The van der Waals surface area contributed by atoms with Crippen molar-refractivity contribution in [2.45, 2.75) is 6.92 Å². The maximum atomic E-state index is 5.79. The van der Waals surface area contributed by atoms with Crippen molar-refractivity contribution in [2.24, 2.45) is 0 Å². The molecule has 0 saturated carbocycles. The minimum Gasteiger partial charge on any atom is -0.375 e. The zero-order valence-electron chi connectivity index (χ0n) is 17.0. The number of rotatable bonds is 5. The van der Waals surface area contributed by atoms with Crippen molar-refractivity contribution in [2.75, 3.05) is 42.1 Å². The van der Waals surface area contributed by atoms with E-state index in [1.54, 1.807) is 11.3 Å². The van der Waals surface area contributed by atoms with Gasteiger partial charge in [0.05, 0.1) is 10.2 Å². The minimum atomic E-state index is 0.592. The van der Waals surface area contributed by atoms with Crippen LogP contribution in [-0.4, -0.2) is 46.1 Å². The zero-order valence-corrected chi connectivity index (χ0v) is 18.6. The van der Waals surface area contributed by atoms with Gasteiger partial charge in [0.25, 0.3) is 0 Å². The Hall–Kier alpha value is -3.08. The number of nitrogens with one attached hydrogen (secondary N) is 2. The molecule has 0 spiro atoms. The van der Waals surface area contributed by atoms with Gasteiger partial charge < -0.3 is 21.3 Å². The molecule has 5 rings (SSSR count). The third-order valence-corrected chi connectivity index (χ3v) is 6.62. The van der Waals surface area contributed by atoms with Crippen LogP contribution >= 0.6 is 22.7 Å². The van der Waals surface area contributed by atoms with E-state index in [-0.39, 0.29) is 0 Å². The van der Waals surface area contributed by atoms with Gasteiger partial charge in [-0.3, -0.25) is 0 Å². The number of hydrogen-bond donors (Lipinski definition) is 3. The Morgan fingerprint density at radius 2 is 1.97 bits per heavy atom. The topological polar surface area (TPSA) is 105 Å². The third-order valence-electron chi connectivity index (χ3n) is 4.89. The summed E-state index contributed by atoms with van der Waals surface area (Å²) in [4.78, 5) is 21.3. The first-order chi connectivity index (χ1) is 15.1. The second-order valence-corrected chi connectivity index (χ2v) is 9.33. The van der Waals surface area contributed by atoms with E-state index >= 15 is 0 Å². The lowest BCUT2D eigenvalue weighted by atomic mass is 10.2. The first-order valence-corrected chi connectivity index (χ1v) is 11.6. The maximum absolute atomic E-state index is 5.79. The van der Waals surface area contributed by atoms with Crippen molar-refractivity contribution < 1.29 is 0 Å². The fourth-order valence-corrected chi connectivity index (χ4v) is 4.95. The van der Waals surface area contributed by atoms with Crippen LogP contribution in [0.2, 0.25) is 0 Å². The first kappa shape index (κ1) is 19.9. The molecule has 31 heavy (non-hydrogen) atoms. The van der Waals surface area contributed by atoms with Crippen LogP contribution in [0.5, 0.6) is 0 Å². The number of nitrogen functional groups attached to an aromatic ring is 1. The second-order valence-electron chi connectivity index (χ2n) is 7.20. The van der Waals surface area contributed by atoms with Gasteiger partial charge in [0.1, 0.15) is 17.5 Å². The number of nitrogens with zero attached hydrogens (tertiary/aromatic N) is 5. The predicted octanol–water partition coefficient (Wildman–Crippen LogP) is 3.76. The average molecular weight is 451 g/mol. The highest BCUT2D eigenvalue weighted by atomic mass is 32.1. The molecule has 1 aliphatic rings. The summed E-state index contributed by atoms with van der Waals surface area (Å²) in [5.74, 6) is 2.46. The molecular formula is C21H22N8S2. The Labute approximate surface area is 187 Å². The van der Waals surface area contributed by atoms with Crippen LogP contribution in [0, 0.1) is 6.92 Å². The maximum Gasteiger partial charge on any atom is 0.188 e. The van der Waals surface area contributed by atoms with E-state index in [0.717, 1.165) is 69.4 Å².